The number of likely N-dealkylation sites (tertiary alicyclic amines) is 2. The maximum atomic E-state index is 13.3. The molecule has 3 fully saturated rings. The Kier molecular flexibility index (Phi) is 5.58. The first-order chi connectivity index (χ1) is 14.0. The average molecular weight is 399 g/mol. The largest absolute Gasteiger partial charge is 0.340 e. The number of amides is 4. The molecular formula is C22H30N4O3. The van der Waals surface area contributed by atoms with Crippen molar-refractivity contribution in [2.24, 2.45) is 0 Å². The number of benzene rings is 1. The summed E-state index contributed by atoms with van der Waals surface area (Å²) in [5.41, 5.74) is 0.232. The highest BCUT2D eigenvalue weighted by Gasteiger charge is 2.54. The number of imide groups is 1. The summed E-state index contributed by atoms with van der Waals surface area (Å²) >= 11 is 0. The normalized spacial score (nSPS) is 24.8. The van der Waals surface area contributed by atoms with E-state index in [0.29, 0.717) is 32.4 Å². The molecule has 1 spiro atoms. The smallest absolute Gasteiger partial charge is 0.325 e. The summed E-state index contributed by atoms with van der Waals surface area (Å²) in [4.78, 5) is 44.3. The van der Waals surface area contributed by atoms with E-state index in [1.807, 2.05) is 35.2 Å². The van der Waals surface area contributed by atoms with Crippen LogP contribution in [0.1, 0.15) is 38.2 Å². The fourth-order valence-electron chi connectivity index (χ4n) is 4.84. The van der Waals surface area contributed by atoms with Crippen LogP contribution in [0.5, 0.6) is 0 Å². The summed E-state index contributed by atoms with van der Waals surface area (Å²) in [6, 6.07) is 9.16. The Morgan fingerprint density at radius 1 is 1.14 bits per heavy atom. The molecule has 0 saturated carbocycles. The third kappa shape index (κ3) is 3.88. The SMILES string of the molecule is CCN1CCC2(CC1)NC(=O)N([C@H]1CCCN(C(=O)Cc3ccccc3)C1)C2=O. The van der Waals surface area contributed by atoms with Crippen LogP contribution in [0.25, 0.3) is 0 Å². The van der Waals surface area contributed by atoms with Crippen molar-refractivity contribution in [3.8, 4) is 0 Å². The monoisotopic (exact) mass is 398 g/mol. The lowest BCUT2D eigenvalue weighted by atomic mass is 9.87. The van der Waals surface area contributed by atoms with Crippen molar-refractivity contribution in [3.63, 3.8) is 0 Å². The molecule has 1 aromatic carbocycles. The Morgan fingerprint density at radius 3 is 2.55 bits per heavy atom. The van der Waals surface area contributed by atoms with Gasteiger partial charge in [0.05, 0.1) is 12.5 Å². The topological polar surface area (TPSA) is 73.0 Å². The van der Waals surface area contributed by atoms with Crippen LogP contribution in [0.15, 0.2) is 30.3 Å². The summed E-state index contributed by atoms with van der Waals surface area (Å²) in [6.45, 7) is 5.83. The lowest BCUT2D eigenvalue weighted by Gasteiger charge is -2.39. The number of nitrogens with zero attached hydrogens (tertiary/aromatic N) is 3. The van der Waals surface area contributed by atoms with Crippen molar-refractivity contribution in [3.05, 3.63) is 35.9 Å². The van der Waals surface area contributed by atoms with E-state index in [1.54, 1.807) is 0 Å². The molecule has 0 aliphatic carbocycles. The van der Waals surface area contributed by atoms with Crippen molar-refractivity contribution in [2.45, 2.75) is 50.6 Å². The van der Waals surface area contributed by atoms with Crippen molar-refractivity contribution < 1.29 is 14.4 Å². The number of hydrogen-bond acceptors (Lipinski definition) is 4. The summed E-state index contributed by atoms with van der Waals surface area (Å²) in [6.07, 6.45) is 3.23. The Balaban J connectivity index is 1.42. The highest BCUT2D eigenvalue weighted by atomic mass is 16.2. The standard InChI is InChI=1S/C22H30N4O3/c1-2-24-13-10-22(11-14-24)20(28)26(21(29)23-22)18-9-6-12-25(16-18)19(27)15-17-7-4-3-5-8-17/h3-5,7-8,18H,2,6,9-16H2,1H3,(H,23,29)/t18-/m0/s1. The van der Waals surface area contributed by atoms with Gasteiger partial charge in [0.1, 0.15) is 5.54 Å². The number of rotatable bonds is 4. The molecule has 7 heteroatoms. The van der Waals surface area contributed by atoms with Crippen LogP contribution in [-0.4, -0.2) is 76.8 Å². The molecule has 3 aliphatic rings. The Hall–Kier alpha value is -2.41. The van der Waals surface area contributed by atoms with Crippen LogP contribution >= 0.6 is 0 Å². The quantitative estimate of drug-likeness (QED) is 0.783. The van der Waals surface area contributed by atoms with E-state index in [9.17, 15) is 14.4 Å². The molecule has 1 aromatic rings. The summed E-state index contributed by atoms with van der Waals surface area (Å²) < 4.78 is 0. The Labute approximate surface area is 172 Å². The number of hydrogen-bond donors (Lipinski definition) is 1. The number of nitrogens with one attached hydrogen (secondary N) is 1. The van der Waals surface area contributed by atoms with E-state index < -0.39 is 5.54 Å². The molecule has 0 radical (unpaired) electrons. The molecule has 156 valence electrons. The minimum Gasteiger partial charge on any atom is -0.340 e. The molecule has 3 heterocycles. The fraction of sp³-hybridized carbons (Fsp3) is 0.591. The number of carbonyl (C=O) groups is 3. The van der Waals surface area contributed by atoms with Gasteiger partial charge in [-0.3, -0.25) is 14.5 Å². The zero-order chi connectivity index (χ0) is 20.4. The van der Waals surface area contributed by atoms with E-state index in [-0.39, 0.29) is 23.9 Å². The zero-order valence-electron chi connectivity index (χ0n) is 17.1. The number of urea groups is 1. The second-order valence-electron chi connectivity index (χ2n) is 8.42. The summed E-state index contributed by atoms with van der Waals surface area (Å²) in [5, 5.41) is 3.00. The summed E-state index contributed by atoms with van der Waals surface area (Å²) in [7, 11) is 0. The van der Waals surface area contributed by atoms with Crippen molar-refractivity contribution in [2.75, 3.05) is 32.7 Å². The molecule has 0 bridgehead atoms. The molecule has 3 aliphatic heterocycles. The minimum atomic E-state index is -0.751. The van der Waals surface area contributed by atoms with Crippen molar-refractivity contribution in [1.82, 2.24) is 20.0 Å². The molecule has 0 aromatic heterocycles. The van der Waals surface area contributed by atoms with Gasteiger partial charge in [-0.1, -0.05) is 37.3 Å². The molecule has 4 amide bonds. The minimum absolute atomic E-state index is 0.0546. The predicted molar refractivity (Wildman–Crippen MR) is 109 cm³/mol. The van der Waals surface area contributed by atoms with Gasteiger partial charge in [-0.25, -0.2) is 4.79 Å². The lowest BCUT2D eigenvalue weighted by Crippen LogP contribution is -2.56. The van der Waals surface area contributed by atoms with Gasteiger partial charge >= 0.3 is 6.03 Å². The van der Waals surface area contributed by atoms with Crippen LogP contribution in [0.4, 0.5) is 4.79 Å². The molecule has 29 heavy (non-hydrogen) atoms. The van der Waals surface area contributed by atoms with E-state index in [1.165, 1.54) is 4.90 Å². The van der Waals surface area contributed by atoms with Crippen LogP contribution in [0.2, 0.25) is 0 Å². The zero-order valence-corrected chi connectivity index (χ0v) is 17.1. The molecule has 1 N–H and O–H groups in total. The molecule has 3 saturated heterocycles. The molecule has 7 nitrogen and oxygen atoms in total. The van der Waals surface area contributed by atoms with Gasteiger partial charge in [-0.2, -0.15) is 0 Å². The second kappa shape index (κ2) is 8.14. The number of carbonyl (C=O) groups excluding carboxylic acids is 3. The molecule has 4 rings (SSSR count). The summed E-state index contributed by atoms with van der Waals surface area (Å²) in [5.74, 6) is -0.0421. The van der Waals surface area contributed by atoms with E-state index in [0.717, 1.165) is 38.0 Å². The molecular weight excluding hydrogens is 368 g/mol. The van der Waals surface area contributed by atoms with Gasteiger partial charge in [-0.05, 0) is 37.8 Å². The van der Waals surface area contributed by atoms with Gasteiger partial charge in [-0.15, -0.1) is 0 Å². The van der Waals surface area contributed by atoms with Crippen LogP contribution in [0.3, 0.4) is 0 Å². The Morgan fingerprint density at radius 2 is 1.86 bits per heavy atom. The van der Waals surface area contributed by atoms with Crippen molar-refractivity contribution in [1.29, 1.82) is 0 Å². The first-order valence-electron chi connectivity index (χ1n) is 10.7. The second-order valence-corrected chi connectivity index (χ2v) is 8.42. The van der Waals surface area contributed by atoms with Gasteiger partial charge in [0, 0.05) is 26.2 Å². The molecule has 1 atom stereocenters. The first-order valence-corrected chi connectivity index (χ1v) is 10.7. The van der Waals surface area contributed by atoms with E-state index in [4.69, 9.17) is 0 Å². The lowest BCUT2D eigenvalue weighted by molar-refractivity contribution is -0.138. The van der Waals surface area contributed by atoms with Crippen LogP contribution in [-0.2, 0) is 16.0 Å². The first kappa shape index (κ1) is 19.9. The van der Waals surface area contributed by atoms with Crippen LogP contribution < -0.4 is 5.32 Å². The van der Waals surface area contributed by atoms with Gasteiger partial charge < -0.3 is 15.1 Å². The maximum absolute atomic E-state index is 13.3. The van der Waals surface area contributed by atoms with E-state index in [2.05, 4.69) is 17.1 Å². The average Bonchev–Trinajstić information content (AvgIpc) is 2.98. The highest BCUT2D eigenvalue weighted by molar-refractivity contribution is 6.07. The van der Waals surface area contributed by atoms with E-state index >= 15 is 0 Å². The third-order valence-electron chi connectivity index (χ3n) is 6.66. The maximum Gasteiger partial charge on any atom is 0.325 e. The van der Waals surface area contributed by atoms with Crippen LogP contribution in [0, 0.1) is 0 Å². The van der Waals surface area contributed by atoms with Gasteiger partial charge in [0.2, 0.25) is 5.91 Å². The predicted octanol–water partition coefficient (Wildman–Crippen LogP) is 1.63. The Bertz CT molecular complexity index is 774. The molecule has 0 unspecified atom stereocenters. The van der Waals surface area contributed by atoms with Gasteiger partial charge in [0.15, 0.2) is 0 Å². The van der Waals surface area contributed by atoms with Gasteiger partial charge in [0.25, 0.3) is 5.91 Å². The third-order valence-corrected chi connectivity index (χ3v) is 6.66. The highest BCUT2D eigenvalue weighted by Crippen LogP contribution is 2.32. The van der Waals surface area contributed by atoms with Crippen molar-refractivity contribution >= 4 is 17.8 Å². The number of piperidine rings is 2. The fourth-order valence-corrected chi connectivity index (χ4v) is 4.84.